The van der Waals surface area contributed by atoms with Crippen LogP contribution >= 0.6 is 27.5 Å². The summed E-state index contributed by atoms with van der Waals surface area (Å²) in [6, 6.07) is 7.09. The highest BCUT2D eigenvalue weighted by molar-refractivity contribution is 9.10. The average molecular weight is 359 g/mol. The predicted octanol–water partition coefficient (Wildman–Crippen LogP) is 3.67. The normalized spacial score (nSPS) is 10.3. The van der Waals surface area contributed by atoms with Gasteiger partial charge in [0.25, 0.3) is 5.91 Å². The number of hydrogen-bond acceptors (Lipinski definition) is 3. The number of carbonyl (C=O) groups is 1. The Morgan fingerprint density at radius 1 is 1.30 bits per heavy atom. The van der Waals surface area contributed by atoms with Crippen molar-refractivity contribution in [3.8, 4) is 0 Å². The van der Waals surface area contributed by atoms with Gasteiger partial charge in [0.15, 0.2) is 0 Å². The number of nitrogen functional groups attached to an aromatic ring is 1. The Balaban J connectivity index is 2.48. The maximum absolute atomic E-state index is 13.2. The Labute approximate surface area is 128 Å². The first-order chi connectivity index (χ1) is 9.38. The molecule has 0 fully saturated rings. The van der Waals surface area contributed by atoms with Gasteiger partial charge in [-0.3, -0.25) is 4.79 Å². The molecule has 0 unspecified atom stereocenters. The number of rotatable bonds is 3. The molecule has 7 heteroatoms. The van der Waals surface area contributed by atoms with Gasteiger partial charge < -0.3 is 16.8 Å². The number of primary amides is 1. The molecule has 0 saturated heterocycles. The van der Waals surface area contributed by atoms with E-state index in [0.29, 0.717) is 21.5 Å². The summed E-state index contributed by atoms with van der Waals surface area (Å²) in [7, 11) is 0. The molecular formula is C13H10BrClFN3O. The Morgan fingerprint density at radius 2 is 2.00 bits per heavy atom. The summed E-state index contributed by atoms with van der Waals surface area (Å²) in [5.41, 5.74) is 12.4. The second kappa shape index (κ2) is 5.68. The molecule has 0 aromatic heterocycles. The number of anilines is 3. The first-order valence-electron chi connectivity index (χ1n) is 5.49. The molecule has 20 heavy (non-hydrogen) atoms. The average Bonchev–Trinajstić information content (AvgIpc) is 2.34. The van der Waals surface area contributed by atoms with Crippen LogP contribution in [0, 0.1) is 5.82 Å². The zero-order chi connectivity index (χ0) is 14.9. The van der Waals surface area contributed by atoms with Gasteiger partial charge in [-0.15, -0.1) is 0 Å². The van der Waals surface area contributed by atoms with Crippen molar-refractivity contribution in [1.82, 2.24) is 0 Å². The zero-order valence-electron chi connectivity index (χ0n) is 10.1. The summed E-state index contributed by atoms with van der Waals surface area (Å²) >= 11 is 9.18. The molecule has 0 aliphatic heterocycles. The fourth-order valence-electron chi connectivity index (χ4n) is 1.67. The van der Waals surface area contributed by atoms with Crippen LogP contribution in [-0.2, 0) is 0 Å². The van der Waals surface area contributed by atoms with Gasteiger partial charge in [0, 0.05) is 10.2 Å². The van der Waals surface area contributed by atoms with Crippen LogP contribution in [0.4, 0.5) is 21.5 Å². The minimum absolute atomic E-state index is 0.170. The molecule has 2 aromatic carbocycles. The minimum Gasteiger partial charge on any atom is -0.399 e. The molecule has 5 N–H and O–H groups in total. The maximum atomic E-state index is 13.2. The first kappa shape index (κ1) is 14.6. The summed E-state index contributed by atoms with van der Waals surface area (Å²) < 4.78 is 13.6. The van der Waals surface area contributed by atoms with Crippen molar-refractivity contribution in [3.05, 3.63) is 51.2 Å². The number of nitrogens with one attached hydrogen (secondary N) is 1. The van der Waals surface area contributed by atoms with E-state index in [1.807, 2.05) is 0 Å². The number of nitrogens with two attached hydrogens (primary N) is 2. The topological polar surface area (TPSA) is 81.1 Å². The molecule has 2 aromatic rings. The summed E-state index contributed by atoms with van der Waals surface area (Å²) in [6.07, 6.45) is 0. The summed E-state index contributed by atoms with van der Waals surface area (Å²) in [5, 5.41) is 3.11. The van der Waals surface area contributed by atoms with E-state index in [0.717, 1.165) is 6.07 Å². The number of carbonyl (C=O) groups excluding carboxylic acids is 1. The van der Waals surface area contributed by atoms with Crippen LogP contribution in [0.2, 0.25) is 5.02 Å². The highest BCUT2D eigenvalue weighted by Gasteiger charge is 2.13. The van der Waals surface area contributed by atoms with Crippen LogP contribution < -0.4 is 16.8 Å². The summed E-state index contributed by atoms with van der Waals surface area (Å²) in [6.45, 7) is 0. The van der Waals surface area contributed by atoms with E-state index < -0.39 is 11.7 Å². The fraction of sp³-hybridized carbons (Fsp3) is 0. The molecular weight excluding hydrogens is 349 g/mol. The highest BCUT2D eigenvalue weighted by Crippen LogP contribution is 2.35. The molecule has 4 nitrogen and oxygen atoms in total. The lowest BCUT2D eigenvalue weighted by molar-refractivity contribution is 0.100. The lowest BCUT2D eigenvalue weighted by Gasteiger charge is -2.14. The third-order valence-electron chi connectivity index (χ3n) is 2.58. The number of hydrogen-bond donors (Lipinski definition) is 3. The van der Waals surface area contributed by atoms with Crippen molar-refractivity contribution in [2.75, 3.05) is 11.1 Å². The standard InChI is InChI=1S/C13H10BrClFN3O/c14-9-3-6(16)4-10(15)12(9)19-11-2-1-7(17)5-8(11)13(18)20/h1-5,19H,17H2,(H2,18,20). The van der Waals surface area contributed by atoms with Gasteiger partial charge in [0.05, 0.1) is 22.0 Å². The van der Waals surface area contributed by atoms with E-state index in [1.54, 1.807) is 12.1 Å². The third-order valence-corrected chi connectivity index (χ3v) is 3.50. The number of amides is 1. The molecule has 0 aliphatic carbocycles. The van der Waals surface area contributed by atoms with Crippen molar-refractivity contribution in [3.63, 3.8) is 0 Å². The van der Waals surface area contributed by atoms with Gasteiger partial charge in [0.2, 0.25) is 0 Å². The van der Waals surface area contributed by atoms with E-state index >= 15 is 0 Å². The van der Waals surface area contributed by atoms with Gasteiger partial charge in [-0.05, 0) is 46.3 Å². The highest BCUT2D eigenvalue weighted by atomic mass is 79.9. The quantitative estimate of drug-likeness (QED) is 0.732. The molecule has 1 amide bonds. The van der Waals surface area contributed by atoms with E-state index in [-0.39, 0.29) is 10.6 Å². The second-order valence-electron chi connectivity index (χ2n) is 4.04. The van der Waals surface area contributed by atoms with E-state index in [9.17, 15) is 9.18 Å². The lowest BCUT2D eigenvalue weighted by Crippen LogP contribution is -2.14. The summed E-state index contributed by atoms with van der Waals surface area (Å²) in [5.74, 6) is -1.10. The van der Waals surface area contributed by atoms with Gasteiger partial charge in [-0.25, -0.2) is 4.39 Å². The molecule has 0 bridgehead atoms. The molecule has 0 saturated carbocycles. The Bertz CT molecular complexity index is 670. The molecule has 0 spiro atoms. The monoisotopic (exact) mass is 357 g/mol. The van der Waals surface area contributed by atoms with Crippen LogP contribution in [0.3, 0.4) is 0 Å². The first-order valence-corrected chi connectivity index (χ1v) is 6.66. The fourth-order valence-corrected chi connectivity index (χ4v) is 2.57. The smallest absolute Gasteiger partial charge is 0.250 e. The van der Waals surface area contributed by atoms with Crippen LogP contribution in [0.15, 0.2) is 34.8 Å². The maximum Gasteiger partial charge on any atom is 0.250 e. The molecule has 0 radical (unpaired) electrons. The Kier molecular flexibility index (Phi) is 4.15. The number of benzene rings is 2. The lowest BCUT2D eigenvalue weighted by atomic mass is 10.1. The molecule has 0 heterocycles. The van der Waals surface area contributed by atoms with Crippen LogP contribution in [0.25, 0.3) is 0 Å². The van der Waals surface area contributed by atoms with Crippen LogP contribution in [-0.4, -0.2) is 5.91 Å². The van der Waals surface area contributed by atoms with E-state index in [4.69, 9.17) is 23.1 Å². The summed E-state index contributed by atoms with van der Waals surface area (Å²) in [4.78, 5) is 11.4. The van der Waals surface area contributed by atoms with Gasteiger partial charge in [-0.2, -0.15) is 0 Å². The number of halogens is 3. The van der Waals surface area contributed by atoms with Crippen molar-refractivity contribution < 1.29 is 9.18 Å². The van der Waals surface area contributed by atoms with Crippen LogP contribution in [0.5, 0.6) is 0 Å². The van der Waals surface area contributed by atoms with Crippen molar-refractivity contribution in [2.24, 2.45) is 5.73 Å². The molecule has 2 rings (SSSR count). The van der Waals surface area contributed by atoms with E-state index in [2.05, 4.69) is 21.2 Å². The molecule has 0 atom stereocenters. The largest absolute Gasteiger partial charge is 0.399 e. The minimum atomic E-state index is -0.630. The third kappa shape index (κ3) is 3.02. The molecule has 0 aliphatic rings. The Morgan fingerprint density at radius 3 is 2.60 bits per heavy atom. The van der Waals surface area contributed by atoms with Crippen LogP contribution in [0.1, 0.15) is 10.4 Å². The van der Waals surface area contributed by atoms with Gasteiger partial charge in [0.1, 0.15) is 5.82 Å². The molecule has 104 valence electrons. The SMILES string of the molecule is NC(=O)c1cc(N)ccc1Nc1c(Cl)cc(F)cc1Br. The predicted molar refractivity (Wildman–Crippen MR) is 81.8 cm³/mol. The Hall–Kier alpha value is -1.79. The van der Waals surface area contributed by atoms with Crippen molar-refractivity contribution in [2.45, 2.75) is 0 Å². The second-order valence-corrected chi connectivity index (χ2v) is 5.30. The van der Waals surface area contributed by atoms with Gasteiger partial charge in [-0.1, -0.05) is 11.6 Å². The van der Waals surface area contributed by atoms with Crippen molar-refractivity contribution in [1.29, 1.82) is 0 Å². The zero-order valence-corrected chi connectivity index (χ0v) is 12.4. The van der Waals surface area contributed by atoms with Crippen molar-refractivity contribution >= 4 is 50.5 Å². The van der Waals surface area contributed by atoms with Gasteiger partial charge >= 0.3 is 0 Å². The van der Waals surface area contributed by atoms with E-state index in [1.165, 1.54) is 12.1 Å².